The van der Waals surface area contributed by atoms with Crippen molar-refractivity contribution in [1.29, 1.82) is 0 Å². The van der Waals surface area contributed by atoms with Crippen molar-refractivity contribution < 1.29 is 0 Å². The number of allylic oxidation sites excluding steroid dienone is 3. The van der Waals surface area contributed by atoms with E-state index in [4.69, 9.17) is 17.4 Å². The molecule has 0 fully saturated rings. The van der Waals surface area contributed by atoms with Gasteiger partial charge in [0.15, 0.2) is 0 Å². The first-order valence-corrected chi connectivity index (χ1v) is 2.72. The standard InChI is InChI=1S/C6H9ClN2/c1-5(7)3-4-6(2)9-8/h3-4,9H,1-2,8H2/b4-3-. The largest absolute Gasteiger partial charge is 0.325 e. The third kappa shape index (κ3) is 5.14. The molecule has 0 radical (unpaired) electrons. The minimum atomic E-state index is 0.450. The summed E-state index contributed by atoms with van der Waals surface area (Å²) < 4.78 is 0. The topological polar surface area (TPSA) is 38.0 Å². The lowest BCUT2D eigenvalue weighted by atomic mass is 10.4. The van der Waals surface area contributed by atoms with E-state index in [1.807, 2.05) is 0 Å². The average molecular weight is 145 g/mol. The molecular weight excluding hydrogens is 136 g/mol. The van der Waals surface area contributed by atoms with Crippen LogP contribution in [0.2, 0.25) is 0 Å². The van der Waals surface area contributed by atoms with Gasteiger partial charge in [-0.15, -0.1) is 0 Å². The number of rotatable bonds is 3. The fourth-order valence-corrected chi connectivity index (χ4v) is 0.302. The number of halogens is 1. The van der Waals surface area contributed by atoms with Gasteiger partial charge < -0.3 is 5.43 Å². The SMILES string of the molecule is C=C(Cl)/C=C\C(=C)NN. The van der Waals surface area contributed by atoms with Crippen molar-refractivity contribution in [3.8, 4) is 0 Å². The smallest absolute Gasteiger partial charge is 0.0413 e. The van der Waals surface area contributed by atoms with E-state index in [-0.39, 0.29) is 0 Å². The van der Waals surface area contributed by atoms with Crippen molar-refractivity contribution in [3.05, 3.63) is 36.0 Å². The second-order valence-corrected chi connectivity index (χ2v) is 1.94. The second kappa shape index (κ2) is 4.18. The van der Waals surface area contributed by atoms with E-state index in [0.29, 0.717) is 10.7 Å². The van der Waals surface area contributed by atoms with Crippen LogP contribution in [-0.4, -0.2) is 0 Å². The Kier molecular flexibility index (Phi) is 3.84. The first kappa shape index (κ1) is 8.27. The Morgan fingerprint density at radius 2 is 2.00 bits per heavy atom. The van der Waals surface area contributed by atoms with E-state index in [1.54, 1.807) is 12.2 Å². The molecule has 0 aliphatic heterocycles. The zero-order valence-corrected chi connectivity index (χ0v) is 5.78. The summed E-state index contributed by atoms with van der Waals surface area (Å²) in [4.78, 5) is 0. The van der Waals surface area contributed by atoms with Gasteiger partial charge in [-0.05, 0) is 12.2 Å². The van der Waals surface area contributed by atoms with Crippen LogP contribution in [0, 0.1) is 0 Å². The lowest BCUT2D eigenvalue weighted by molar-refractivity contribution is 0.922. The molecule has 0 spiro atoms. The maximum atomic E-state index is 5.39. The molecule has 50 valence electrons. The summed E-state index contributed by atoms with van der Waals surface area (Å²) in [6, 6.07) is 0. The fraction of sp³-hybridized carbons (Fsp3) is 0. The predicted octanol–water partition coefficient (Wildman–Crippen LogP) is 1.27. The summed E-state index contributed by atoms with van der Waals surface area (Å²) in [6.07, 6.45) is 3.24. The van der Waals surface area contributed by atoms with E-state index in [1.165, 1.54) is 0 Å². The monoisotopic (exact) mass is 144 g/mol. The molecular formula is C6H9ClN2. The fourth-order valence-electron chi connectivity index (χ4n) is 0.239. The number of hydrogen-bond acceptors (Lipinski definition) is 2. The Morgan fingerprint density at radius 1 is 1.44 bits per heavy atom. The summed E-state index contributed by atoms with van der Waals surface area (Å²) in [7, 11) is 0. The molecule has 0 aliphatic carbocycles. The molecule has 0 rings (SSSR count). The summed E-state index contributed by atoms with van der Waals surface area (Å²) in [6.45, 7) is 6.95. The molecule has 0 atom stereocenters. The third-order valence-corrected chi connectivity index (χ3v) is 0.777. The van der Waals surface area contributed by atoms with Crippen LogP contribution in [0.1, 0.15) is 0 Å². The van der Waals surface area contributed by atoms with Crippen molar-refractivity contribution in [1.82, 2.24) is 5.43 Å². The zero-order chi connectivity index (χ0) is 7.28. The van der Waals surface area contributed by atoms with Crippen LogP contribution >= 0.6 is 11.6 Å². The van der Waals surface area contributed by atoms with Crippen LogP contribution in [-0.2, 0) is 0 Å². The van der Waals surface area contributed by atoms with Crippen molar-refractivity contribution in [3.63, 3.8) is 0 Å². The average Bonchev–Trinajstić information content (AvgIpc) is 1.83. The Morgan fingerprint density at radius 3 is 2.33 bits per heavy atom. The maximum absolute atomic E-state index is 5.39. The van der Waals surface area contributed by atoms with Gasteiger partial charge in [-0.2, -0.15) is 0 Å². The van der Waals surface area contributed by atoms with Crippen LogP contribution in [0.5, 0.6) is 0 Å². The van der Waals surface area contributed by atoms with Crippen molar-refractivity contribution in [2.24, 2.45) is 5.84 Å². The molecule has 0 aliphatic rings. The van der Waals surface area contributed by atoms with Gasteiger partial charge in [0.2, 0.25) is 0 Å². The highest BCUT2D eigenvalue weighted by Gasteiger charge is 1.79. The van der Waals surface area contributed by atoms with E-state index in [0.717, 1.165) is 0 Å². The highest BCUT2D eigenvalue weighted by Crippen LogP contribution is 1.98. The highest BCUT2D eigenvalue weighted by atomic mass is 35.5. The van der Waals surface area contributed by atoms with Crippen molar-refractivity contribution in [2.45, 2.75) is 0 Å². The van der Waals surface area contributed by atoms with Gasteiger partial charge in [-0.25, -0.2) is 0 Å². The summed E-state index contributed by atoms with van der Waals surface area (Å²) in [5, 5.41) is 0.450. The number of hydrogen-bond donors (Lipinski definition) is 2. The first-order valence-electron chi connectivity index (χ1n) is 2.35. The van der Waals surface area contributed by atoms with E-state index in [2.05, 4.69) is 18.6 Å². The third-order valence-electron chi connectivity index (χ3n) is 0.651. The second-order valence-electron chi connectivity index (χ2n) is 1.45. The molecule has 0 saturated carbocycles. The molecule has 0 aromatic carbocycles. The van der Waals surface area contributed by atoms with Gasteiger partial charge in [-0.1, -0.05) is 24.8 Å². The summed E-state index contributed by atoms with van der Waals surface area (Å²) in [5.74, 6) is 4.98. The zero-order valence-electron chi connectivity index (χ0n) is 5.02. The Labute approximate surface area is 59.7 Å². The normalized spacial score (nSPS) is 9.56. The molecule has 0 heterocycles. The number of hydrazine groups is 1. The molecule has 2 nitrogen and oxygen atoms in total. The molecule has 0 unspecified atom stereocenters. The van der Waals surface area contributed by atoms with E-state index < -0.39 is 0 Å². The number of nitrogens with two attached hydrogens (primary N) is 1. The van der Waals surface area contributed by atoms with Crippen molar-refractivity contribution >= 4 is 11.6 Å². The summed E-state index contributed by atoms with van der Waals surface area (Å²) in [5.41, 5.74) is 2.93. The highest BCUT2D eigenvalue weighted by molar-refractivity contribution is 6.30. The quantitative estimate of drug-likeness (QED) is 0.356. The number of nitrogens with one attached hydrogen (secondary N) is 1. The van der Waals surface area contributed by atoms with Gasteiger partial charge in [0.25, 0.3) is 0 Å². The van der Waals surface area contributed by atoms with Crippen LogP contribution in [0.4, 0.5) is 0 Å². The molecule has 0 amide bonds. The Bertz CT molecular complexity index is 149. The van der Waals surface area contributed by atoms with Gasteiger partial charge in [-0.3, -0.25) is 5.84 Å². The molecule has 0 aromatic heterocycles. The Balaban J connectivity index is 3.71. The van der Waals surface area contributed by atoms with Gasteiger partial charge in [0.1, 0.15) is 0 Å². The van der Waals surface area contributed by atoms with Crippen LogP contribution < -0.4 is 11.3 Å². The van der Waals surface area contributed by atoms with Crippen LogP contribution in [0.15, 0.2) is 36.0 Å². The maximum Gasteiger partial charge on any atom is 0.0413 e. The van der Waals surface area contributed by atoms with Crippen LogP contribution in [0.25, 0.3) is 0 Å². The lowest BCUT2D eigenvalue weighted by Gasteiger charge is -1.93. The molecule has 0 aromatic rings. The minimum absolute atomic E-state index is 0.450. The molecule has 0 saturated heterocycles. The minimum Gasteiger partial charge on any atom is -0.325 e. The van der Waals surface area contributed by atoms with Crippen molar-refractivity contribution in [2.75, 3.05) is 0 Å². The van der Waals surface area contributed by atoms with Gasteiger partial charge in [0.05, 0.1) is 0 Å². The molecule has 0 bridgehead atoms. The Hall–Kier alpha value is -0.730. The lowest BCUT2D eigenvalue weighted by Crippen LogP contribution is -2.18. The molecule has 9 heavy (non-hydrogen) atoms. The predicted molar refractivity (Wildman–Crippen MR) is 40.6 cm³/mol. The molecule has 3 heteroatoms. The molecule has 3 N–H and O–H groups in total. The summed E-state index contributed by atoms with van der Waals surface area (Å²) >= 11 is 5.39. The van der Waals surface area contributed by atoms with Gasteiger partial charge in [0, 0.05) is 10.7 Å². The first-order chi connectivity index (χ1) is 4.16. The van der Waals surface area contributed by atoms with Crippen LogP contribution in [0.3, 0.4) is 0 Å². The van der Waals surface area contributed by atoms with E-state index >= 15 is 0 Å². The van der Waals surface area contributed by atoms with E-state index in [9.17, 15) is 0 Å². The van der Waals surface area contributed by atoms with Gasteiger partial charge >= 0.3 is 0 Å².